The number of benzene rings is 1. The van der Waals surface area contributed by atoms with Crippen molar-refractivity contribution in [2.75, 3.05) is 7.11 Å². The standard InChI is InChI=1S/C24H37NO/c1-4-11-21(15-10-14-20-12-8-6-5-7-9-13-20)24(2,25)22-16-18-23(26-3)19-17-22/h10-11,15-20H,4-9,12-14,25H2,1-3H3/b15-10-,21-11+. The fourth-order valence-corrected chi connectivity index (χ4v) is 3.94. The number of methoxy groups -OCH3 is 1. The summed E-state index contributed by atoms with van der Waals surface area (Å²) in [6, 6.07) is 8.13. The summed E-state index contributed by atoms with van der Waals surface area (Å²) in [7, 11) is 1.69. The largest absolute Gasteiger partial charge is 0.497 e. The van der Waals surface area contributed by atoms with Crippen LogP contribution < -0.4 is 10.5 Å². The fourth-order valence-electron chi connectivity index (χ4n) is 3.94. The number of hydrogen-bond acceptors (Lipinski definition) is 2. The van der Waals surface area contributed by atoms with Gasteiger partial charge in [0.1, 0.15) is 5.75 Å². The fraction of sp³-hybridized carbons (Fsp3) is 0.583. The van der Waals surface area contributed by atoms with Gasteiger partial charge in [-0.1, -0.05) is 82.2 Å². The second-order valence-corrected chi connectivity index (χ2v) is 7.85. The van der Waals surface area contributed by atoms with Gasteiger partial charge < -0.3 is 10.5 Å². The lowest BCUT2D eigenvalue weighted by Crippen LogP contribution is -2.34. The van der Waals surface area contributed by atoms with E-state index in [2.05, 4.69) is 44.2 Å². The van der Waals surface area contributed by atoms with Gasteiger partial charge in [-0.2, -0.15) is 0 Å². The molecule has 0 bridgehead atoms. The summed E-state index contributed by atoms with van der Waals surface area (Å²) < 4.78 is 5.27. The minimum atomic E-state index is -0.486. The van der Waals surface area contributed by atoms with Crippen molar-refractivity contribution in [2.24, 2.45) is 11.7 Å². The Labute approximate surface area is 160 Å². The van der Waals surface area contributed by atoms with E-state index in [1.165, 1.54) is 56.9 Å². The Morgan fingerprint density at radius 1 is 1.12 bits per heavy atom. The van der Waals surface area contributed by atoms with E-state index in [0.717, 1.165) is 23.7 Å². The van der Waals surface area contributed by atoms with Crippen LogP contribution >= 0.6 is 0 Å². The topological polar surface area (TPSA) is 35.2 Å². The van der Waals surface area contributed by atoms with Crippen molar-refractivity contribution >= 4 is 0 Å². The smallest absolute Gasteiger partial charge is 0.118 e. The van der Waals surface area contributed by atoms with Crippen LogP contribution in [0, 0.1) is 5.92 Å². The highest BCUT2D eigenvalue weighted by atomic mass is 16.5. The third-order valence-electron chi connectivity index (χ3n) is 5.70. The van der Waals surface area contributed by atoms with Crippen molar-refractivity contribution in [3.8, 4) is 5.75 Å². The summed E-state index contributed by atoms with van der Waals surface area (Å²) in [6.07, 6.45) is 18.9. The maximum absolute atomic E-state index is 6.76. The summed E-state index contributed by atoms with van der Waals surface area (Å²) in [5.41, 5.74) is 8.60. The Morgan fingerprint density at radius 3 is 2.31 bits per heavy atom. The van der Waals surface area contributed by atoms with Gasteiger partial charge in [0.15, 0.2) is 0 Å². The van der Waals surface area contributed by atoms with E-state index < -0.39 is 5.54 Å². The number of rotatable bonds is 7. The zero-order valence-corrected chi connectivity index (χ0v) is 17.0. The first-order valence-corrected chi connectivity index (χ1v) is 10.4. The van der Waals surface area contributed by atoms with Crippen LogP contribution in [0.15, 0.2) is 48.1 Å². The number of allylic oxidation sites excluding steroid dienone is 2. The Kier molecular flexibility index (Phi) is 8.44. The Morgan fingerprint density at radius 2 is 1.73 bits per heavy atom. The SMILES string of the molecule is CC/C=C(\C=C/CC1CCCCCCC1)C(C)(N)c1ccc(OC)cc1. The summed E-state index contributed by atoms with van der Waals surface area (Å²) in [4.78, 5) is 0. The maximum atomic E-state index is 6.76. The molecule has 0 aliphatic heterocycles. The molecule has 2 heteroatoms. The van der Waals surface area contributed by atoms with Crippen molar-refractivity contribution in [3.05, 3.63) is 53.6 Å². The molecule has 0 radical (unpaired) electrons. The third-order valence-corrected chi connectivity index (χ3v) is 5.70. The van der Waals surface area contributed by atoms with Gasteiger partial charge >= 0.3 is 0 Å². The highest BCUT2D eigenvalue weighted by Gasteiger charge is 2.24. The highest BCUT2D eigenvalue weighted by Crippen LogP contribution is 2.30. The Bertz CT molecular complexity index is 575. The molecule has 1 atom stereocenters. The van der Waals surface area contributed by atoms with Gasteiger partial charge in [0.2, 0.25) is 0 Å². The monoisotopic (exact) mass is 355 g/mol. The van der Waals surface area contributed by atoms with Gasteiger partial charge in [0.25, 0.3) is 0 Å². The minimum Gasteiger partial charge on any atom is -0.497 e. The quantitative estimate of drug-likeness (QED) is 0.566. The van der Waals surface area contributed by atoms with Crippen LogP contribution in [0.25, 0.3) is 0 Å². The molecule has 2 rings (SSSR count). The summed E-state index contributed by atoms with van der Waals surface area (Å²) in [5, 5.41) is 0. The molecule has 0 aromatic heterocycles. The normalized spacial score (nSPS) is 19.8. The van der Waals surface area contributed by atoms with Gasteiger partial charge in [-0.15, -0.1) is 0 Å². The molecule has 144 valence electrons. The first-order valence-electron chi connectivity index (χ1n) is 10.4. The van der Waals surface area contributed by atoms with Crippen LogP contribution in [0.5, 0.6) is 5.75 Å². The third kappa shape index (κ3) is 6.02. The molecular formula is C24H37NO. The molecule has 1 unspecified atom stereocenters. The molecular weight excluding hydrogens is 318 g/mol. The predicted molar refractivity (Wildman–Crippen MR) is 112 cm³/mol. The van der Waals surface area contributed by atoms with E-state index in [9.17, 15) is 0 Å². The number of nitrogens with two attached hydrogens (primary N) is 1. The molecule has 26 heavy (non-hydrogen) atoms. The van der Waals surface area contributed by atoms with Gasteiger partial charge in [-0.25, -0.2) is 0 Å². The highest BCUT2D eigenvalue weighted by molar-refractivity contribution is 5.41. The molecule has 1 aliphatic rings. The molecule has 1 saturated carbocycles. The molecule has 0 amide bonds. The predicted octanol–water partition coefficient (Wildman–Crippen LogP) is 6.51. The van der Waals surface area contributed by atoms with E-state index >= 15 is 0 Å². The molecule has 1 aromatic carbocycles. The maximum Gasteiger partial charge on any atom is 0.118 e. The molecule has 0 heterocycles. The van der Waals surface area contributed by atoms with E-state index in [1.54, 1.807) is 7.11 Å². The molecule has 0 saturated heterocycles. The number of hydrogen-bond donors (Lipinski definition) is 1. The average Bonchev–Trinajstić information content (AvgIpc) is 2.62. The minimum absolute atomic E-state index is 0.486. The van der Waals surface area contributed by atoms with E-state index in [-0.39, 0.29) is 0 Å². The van der Waals surface area contributed by atoms with Crippen LogP contribution in [-0.4, -0.2) is 7.11 Å². The van der Waals surface area contributed by atoms with Crippen LogP contribution in [-0.2, 0) is 5.54 Å². The molecule has 1 aliphatic carbocycles. The van der Waals surface area contributed by atoms with Crippen LogP contribution in [0.2, 0.25) is 0 Å². The van der Waals surface area contributed by atoms with Crippen molar-refractivity contribution in [3.63, 3.8) is 0 Å². The van der Waals surface area contributed by atoms with E-state index in [4.69, 9.17) is 10.5 Å². The molecule has 1 fully saturated rings. The lowest BCUT2D eigenvalue weighted by atomic mass is 9.83. The lowest BCUT2D eigenvalue weighted by Gasteiger charge is -2.27. The average molecular weight is 356 g/mol. The lowest BCUT2D eigenvalue weighted by molar-refractivity contribution is 0.381. The summed E-state index contributed by atoms with van der Waals surface area (Å²) >= 11 is 0. The molecule has 2 nitrogen and oxygen atoms in total. The Balaban J connectivity index is 2.07. The second-order valence-electron chi connectivity index (χ2n) is 7.85. The van der Waals surface area contributed by atoms with Crippen molar-refractivity contribution in [1.29, 1.82) is 0 Å². The van der Waals surface area contributed by atoms with Gasteiger partial charge in [0, 0.05) is 0 Å². The Hall–Kier alpha value is -1.54. The second kappa shape index (κ2) is 10.6. The van der Waals surface area contributed by atoms with E-state index in [1.807, 2.05) is 12.1 Å². The zero-order chi connectivity index (χ0) is 18.8. The van der Waals surface area contributed by atoms with Crippen LogP contribution in [0.1, 0.15) is 77.2 Å². The van der Waals surface area contributed by atoms with Crippen molar-refractivity contribution in [1.82, 2.24) is 0 Å². The molecule has 1 aromatic rings. The number of ether oxygens (including phenoxy) is 1. The van der Waals surface area contributed by atoms with Crippen LogP contribution in [0.4, 0.5) is 0 Å². The van der Waals surface area contributed by atoms with Crippen molar-refractivity contribution < 1.29 is 4.74 Å². The zero-order valence-electron chi connectivity index (χ0n) is 17.0. The summed E-state index contributed by atoms with van der Waals surface area (Å²) in [6.45, 7) is 4.28. The van der Waals surface area contributed by atoms with Crippen molar-refractivity contribution in [2.45, 2.75) is 77.2 Å². The first kappa shape index (κ1) is 20.8. The summed E-state index contributed by atoms with van der Waals surface area (Å²) in [5.74, 6) is 1.71. The molecule has 2 N–H and O–H groups in total. The first-order chi connectivity index (χ1) is 12.6. The van der Waals surface area contributed by atoms with Gasteiger partial charge in [-0.3, -0.25) is 0 Å². The van der Waals surface area contributed by atoms with Crippen LogP contribution in [0.3, 0.4) is 0 Å². The van der Waals surface area contributed by atoms with E-state index in [0.29, 0.717) is 0 Å². The van der Waals surface area contributed by atoms with Gasteiger partial charge in [-0.05, 0) is 49.0 Å². The van der Waals surface area contributed by atoms with Gasteiger partial charge in [0.05, 0.1) is 12.6 Å². The molecule has 0 spiro atoms.